The lowest BCUT2D eigenvalue weighted by atomic mass is 10.2. The molecular weight excluding hydrogens is 366 g/mol. The number of nitrogens with one attached hydrogen (secondary N) is 1. The molecule has 7 heteroatoms. The highest BCUT2D eigenvalue weighted by atomic mass is 35.5. The van der Waals surface area contributed by atoms with E-state index in [1.54, 1.807) is 0 Å². The normalized spacial score (nSPS) is 11.5. The van der Waals surface area contributed by atoms with E-state index < -0.39 is 0 Å². The number of hydrogen-bond acceptors (Lipinski definition) is 6. The lowest BCUT2D eigenvalue weighted by Gasteiger charge is -2.11. The van der Waals surface area contributed by atoms with Crippen LogP contribution in [0.1, 0.15) is 24.2 Å². The Labute approximate surface area is 165 Å². The molecule has 0 amide bonds. The molecule has 1 heterocycles. The van der Waals surface area contributed by atoms with E-state index in [2.05, 4.69) is 22.4 Å². The minimum atomic E-state index is 0. The zero-order chi connectivity index (χ0) is 18.2. The van der Waals surface area contributed by atoms with Crippen LogP contribution in [-0.2, 0) is 19.6 Å². The monoisotopic (exact) mass is 389 g/mol. The molecular formula is C20H24ClN3O3. The number of rotatable bonds is 9. The summed E-state index contributed by atoms with van der Waals surface area (Å²) in [5, 5.41) is 7.12. The average Bonchev–Trinajstić information content (AvgIpc) is 3.13. The van der Waals surface area contributed by atoms with Gasteiger partial charge in [-0.15, -0.1) is 12.4 Å². The number of benzene rings is 2. The number of likely N-dealkylation sites (N-methyl/N-ethyl adjacent to an activating group) is 1. The summed E-state index contributed by atoms with van der Waals surface area (Å²) in [6, 6.07) is 17.9. The lowest BCUT2D eigenvalue weighted by Crippen LogP contribution is -2.24. The number of aromatic nitrogens is 2. The second kappa shape index (κ2) is 10.5. The summed E-state index contributed by atoms with van der Waals surface area (Å²) in [4.78, 5) is 4.35. The first-order valence-corrected chi connectivity index (χ1v) is 8.62. The van der Waals surface area contributed by atoms with Crippen LogP contribution in [0.5, 0.6) is 11.5 Å². The Hall–Kier alpha value is -2.57. The standard InChI is InChI=1S/C20H23N3O3.ClH/c1-15(21-2)12-19-22-20(26-23-19)14-25-18-11-7-6-10-17(18)24-13-16-8-4-3-5-9-16;/h3-11,15,21H,12-14H2,1-2H3;1H. The molecule has 0 aliphatic heterocycles. The van der Waals surface area contributed by atoms with Gasteiger partial charge in [0.05, 0.1) is 0 Å². The first-order chi connectivity index (χ1) is 12.7. The summed E-state index contributed by atoms with van der Waals surface area (Å²) in [5.41, 5.74) is 1.10. The van der Waals surface area contributed by atoms with Crippen molar-refractivity contribution < 1.29 is 14.0 Å². The Morgan fingerprint density at radius 2 is 1.59 bits per heavy atom. The van der Waals surface area contributed by atoms with E-state index >= 15 is 0 Å². The molecule has 1 atom stereocenters. The highest BCUT2D eigenvalue weighted by Crippen LogP contribution is 2.28. The SMILES string of the molecule is CNC(C)Cc1noc(COc2ccccc2OCc2ccccc2)n1.Cl. The van der Waals surface area contributed by atoms with Crippen molar-refractivity contribution in [2.45, 2.75) is 32.6 Å². The summed E-state index contributed by atoms with van der Waals surface area (Å²) in [5.74, 6) is 2.44. The topological polar surface area (TPSA) is 69.4 Å². The van der Waals surface area contributed by atoms with E-state index in [0.29, 0.717) is 36.2 Å². The first kappa shape index (κ1) is 20.7. The number of hydrogen-bond donors (Lipinski definition) is 1. The highest BCUT2D eigenvalue weighted by molar-refractivity contribution is 5.85. The molecule has 6 nitrogen and oxygen atoms in total. The van der Waals surface area contributed by atoms with Gasteiger partial charge in [0.15, 0.2) is 23.9 Å². The maximum Gasteiger partial charge on any atom is 0.264 e. The van der Waals surface area contributed by atoms with Crippen molar-refractivity contribution in [2.75, 3.05) is 7.05 Å². The fourth-order valence-electron chi connectivity index (χ4n) is 2.37. The predicted molar refractivity (Wildman–Crippen MR) is 105 cm³/mol. The van der Waals surface area contributed by atoms with Crippen LogP contribution in [0.2, 0.25) is 0 Å². The van der Waals surface area contributed by atoms with E-state index in [1.165, 1.54) is 0 Å². The van der Waals surface area contributed by atoms with Crippen molar-refractivity contribution >= 4 is 12.4 Å². The van der Waals surface area contributed by atoms with Crippen molar-refractivity contribution in [1.29, 1.82) is 0 Å². The maximum atomic E-state index is 5.88. The van der Waals surface area contributed by atoms with Crippen LogP contribution in [0.15, 0.2) is 59.1 Å². The molecule has 0 spiro atoms. The Bertz CT molecular complexity index is 811. The minimum absolute atomic E-state index is 0. The van der Waals surface area contributed by atoms with Crippen LogP contribution in [-0.4, -0.2) is 23.2 Å². The molecule has 0 radical (unpaired) electrons. The van der Waals surface area contributed by atoms with Gasteiger partial charge in [-0.05, 0) is 31.7 Å². The van der Waals surface area contributed by atoms with Gasteiger partial charge in [0, 0.05) is 12.5 Å². The number of para-hydroxylation sites is 2. The highest BCUT2D eigenvalue weighted by Gasteiger charge is 2.11. The Kier molecular flexibility index (Phi) is 8.10. The van der Waals surface area contributed by atoms with Crippen LogP contribution in [0.25, 0.3) is 0 Å². The third-order valence-corrected chi connectivity index (χ3v) is 3.93. The third-order valence-electron chi connectivity index (χ3n) is 3.93. The second-order valence-electron chi connectivity index (χ2n) is 6.01. The van der Waals surface area contributed by atoms with E-state index in [1.807, 2.05) is 61.6 Å². The van der Waals surface area contributed by atoms with E-state index in [4.69, 9.17) is 14.0 Å². The van der Waals surface area contributed by atoms with Crippen LogP contribution in [0.3, 0.4) is 0 Å². The van der Waals surface area contributed by atoms with E-state index in [-0.39, 0.29) is 25.1 Å². The molecule has 27 heavy (non-hydrogen) atoms. The predicted octanol–water partition coefficient (Wildman–Crippen LogP) is 3.80. The molecule has 2 aromatic carbocycles. The summed E-state index contributed by atoms with van der Waals surface area (Å²) in [6.45, 7) is 2.74. The summed E-state index contributed by atoms with van der Waals surface area (Å²) < 4.78 is 16.9. The van der Waals surface area contributed by atoms with Crippen molar-refractivity contribution in [3.05, 3.63) is 71.9 Å². The summed E-state index contributed by atoms with van der Waals surface area (Å²) >= 11 is 0. The minimum Gasteiger partial charge on any atom is -0.485 e. The van der Waals surface area contributed by atoms with Gasteiger partial charge in [0.25, 0.3) is 5.89 Å². The maximum absolute atomic E-state index is 5.88. The molecule has 0 fully saturated rings. The lowest BCUT2D eigenvalue weighted by molar-refractivity contribution is 0.223. The zero-order valence-corrected chi connectivity index (χ0v) is 16.2. The van der Waals surface area contributed by atoms with Crippen molar-refractivity contribution in [3.8, 4) is 11.5 Å². The number of halogens is 1. The first-order valence-electron chi connectivity index (χ1n) is 8.62. The van der Waals surface area contributed by atoms with Crippen molar-refractivity contribution in [1.82, 2.24) is 15.5 Å². The smallest absolute Gasteiger partial charge is 0.264 e. The van der Waals surface area contributed by atoms with Crippen LogP contribution in [0, 0.1) is 0 Å². The van der Waals surface area contributed by atoms with Crippen molar-refractivity contribution in [2.24, 2.45) is 0 Å². The molecule has 3 aromatic rings. The van der Waals surface area contributed by atoms with Crippen LogP contribution in [0.4, 0.5) is 0 Å². The molecule has 0 saturated carbocycles. The fraction of sp³-hybridized carbons (Fsp3) is 0.300. The van der Waals surface area contributed by atoms with Gasteiger partial charge in [0.2, 0.25) is 0 Å². The summed E-state index contributed by atoms with van der Waals surface area (Å²) in [7, 11) is 1.90. The summed E-state index contributed by atoms with van der Waals surface area (Å²) in [6.07, 6.45) is 0.705. The molecule has 144 valence electrons. The van der Waals surface area contributed by atoms with Crippen LogP contribution >= 0.6 is 12.4 Å². The molecule has 0 aliphatic rings. The number of nitrogens with zero attached hydrogens (tertiary/aromatic N) is 2. The molecule has 0 bridgehead atoms. The van der Waals surface area contributed by atoms with Gasteiger partial charge in [0.1, 0.15) is 6.61 Å². The fourth-order valence-corrected chi connectivity index (χ4v) is 2.37. The van der Waals surface area contributed by atoms with Crippen LogP contribution < -0.4 is 14.8 Å². The van der Waals surface area contributed by atoms with Gasteiger partial charge in [-0.1, -0.05) is 47.6 Å². The van der Waals surface area contributed by atoms with Gasteiger partial charge in [-0.2, -0.15) is 4.98 Å². The molecule has 3 rings (SSSR count). The second-order valence-corrected chi connectivity index (χ2v) is 6.01. The third kappa shape index (κ3) is 6.27. The Morgan fingerprint density at radius 3 is 2.26 bits per heavy atom. The Morgan fingerprint density at radius 1 is 0.963 bits per heavy atom. The number of ether oxygens (including phenoxy) is 2. The average molecular weight is 390 g/mol. The molecule has 1 aromatic heterocycles. The molecule has 0 aliphatic carbocycles. The molecule has 1 N–H and O–H groups in total. The van der Waals surface area contributed by atoms with E-state index in [9.17, 15) is 0 Å². The Balaban J connectivity index is 0.00000261. The zero-order valence-electron chi connectivity index (χ0n) is 15.4. The van der Waals surface area contributed by atoms with Gasteiger partial charge >= 0.3 is 0 Å². The van der Waals surface area contributed by atoms with Gasteiger partial charge in [-0.25, -0.2) is 0 Å². The van der Waals surface area contributed by atoms with Gasteiger partial charge < -0.3 is 19.3 Å². The largest absolute Gasteiger partial charge is 0.485 e. The molecule has 0 saturated heterocycles. The quantitative estimate of drug-likeness (QED) is 0.600. The molecule has 1 unspecified atom stereocenters. The van der Waals surface area contributed by atoms with Gasteiger partial charge in [-0.3, -0.25) is 0 Å². The van der Waals surface area contributed by atoms with Crippen molar-refractivity contribution in [3.63, 3.8) is 0 Å². The van der Waals surface area contributed by atoms with E-state index in [0.717, 1.165) is 5.56 Å².